The molecule has 0 bridgehead atoms. The number of carboxylic acid groups (broad SMARTS) is 1. The van der Waals surface area contributed by atoms with Crippen molar-refractivity contribution in [2.75, 3.05) is 26.3 Å². The van der Waals surface area contributed by atoms with E-state index in [9.17, 15) is 19.5 Å². The predicted molar refractivity (Wildman–Crippen MR) is 81.1 cm³/mol. The van der Waals surface area contributed by atoms with E-state index >= 15 is 0 Å². The number of carboxylic acids is 1. The Morgan fingerprint density at radius 2 is 2.04 bits per heavy atom. The third-order valence-corrected chi connectivity index (χ3v) is 4.33. The molecule has 3 heterocycles. The van der Waals surface area contributed by atoms with Crippen molar-refractivity contribution < 1.29 is 33.4 Å². The molecule has 24 heavy (non-hydrogen) atoms. The molecule has 1 aromatic heterocycles. The van der Waals surface area contributed by atoms with Crippen LogP contribution in [0.2, 0.25) is 0 Å². The Hall–Kier alpha value is -1.91. The molecule has 1 aromatic rings. The Kier molecular flexibility index (Phi) is 4.61. The zero-order valence-electron chi connectivity index (χ0n) is 12.5. The highest BCUT2D eigenvalue weighted by Gasteiger charge is 2.52. The quantitative estimate of drug-likeness (QED) is 0.738. The number of halogens is 1. The summed E-state index contributed by atoms with van der Waals surface area (Å²) in [5.74, 6) is -3.25. The van der Waals surface area contributed by atoms with Gasteiger partial charge in [0.25, 0.3) is 5.91 Å². The molecule has 3 rings (SSSR count). The second-order valence-corrected chi connectivity index (χ2v) is 6.26. The summed E-state index contributed by atoms with van der Waals surface area (Å²) in [5.41, 5.74) is 0. The minimum absolute atomic E-state index is 0.0188. The first-order valence-corrected chi connectivity index (χ1v) is 8.03. The van der Waals surface area contributed by atoms with Gasteiger partial charge in [-0.15, -0.1) is 0 Å². The minimum Gasteiger partial charge on any atom is -0.480 e. The zero-order valence-corrected chi connectivity index (χ0v) is 14.1. The van der Waals surface area contributed by atoms with E-state index in [2.05, 4.69) is 21.2 Å². The molecule has 2 aliphatic heterocycles. The van der Waals surface area contributed by atoms with Crippen molar-refractivity contribution in [1.82, 2.24) is 10.2 Å². The summed E-state index contributed by atoms with van der Waals surface area (Å²) in [6, 6.07) is 1.95. The molecule has 1 atom stereocenters. The maximum atomic E-state index is 12.3. The topological polar surface area (TPSA) is 118 Å². The lowest BCUT2D eigenvalue weighted by molar-refractivity contribution is -0.152. The first kappa shape index (κ1) is 16.9. The third-order valence-electron chi connectivity index (χ3n) is 3.91. The number of aliphatic carboxylic acids is 1. The summed E-state index contributed by atoms with van der Waals surface area (Å²) >= 11 is 3.08. The molecule has 0 saturated carbocycles. The maximum absolute atomic E-state index is 12.3. The molecule has 2 N–H and O–H groups in total. The van der Waals surface area contributed by atoms with Crippen LogP contribution < -0.4 is 5.32 Å². The van der Waals surface area contributed by atoms with Crippen molar-refractivity contribution in [2.24, 2.45) is 0 Å². The van der Waals surface area contributed by atoms with Gasteiger partial charge in [0, 0.05) is 6.42 Å². The lowest BCUT2D eigenvalue weighted by Gasteiger charge is -2.23. The molecular weight excluding hydrogens is 388 g/mol. The fraction of sp³-hybridized carbons (Fsp3) is 0.500. The fourth-order valence-electron chi connectivity index (χ4n) is 2.81. The minimum atomic E-state index is -1.14. The summed E-state index contributed by atoms with van der Waals surface area (Å²) in [4.78, 5) is 36.8. The van der Waals surface area contributed by atoms with Gasteiger partial charge in [-0.25, -0.2) is 4.79 Å². The Balaban J connectivity index is 1.62. The molecule has 0 unspecified atom stereocenters. The van der Waals surface area contributed by atoms with E-state index in [0.29, 0.717) is 17.9 Å². The van der Waals surface area contributed by atoms with Gasteiger partial charge in [-0.1, -0.05) is 0 Å². The van der Waals surface area contributed by atoms with Crippen LogP contribution in [0.3, 0.4) is 0 Å². The first-order chi connectivity index (χ1) is 11.4. The molecule has 2 amide bonds. The number of carbonyl (C=O) groups excluding carboxylic acids is 2. The predicted octanol–water partition coefficient (Wildman–Crippen LogP) is 0.201. The lowest BCUT2D eigenvalue weighted by atomic mass is 10.1. The Bertz CT molecular complexity index is 668. The molecule has 2 saturated heterocycles. The lowest BCUT2D eigenvalue weighted by Crippen LogP contribution is -2.46. The van der Waals surface area contributed by atoms with Crippen LogP contribution in [-0.4, -0.2) is 65.9 Å². The van der Waals surface area contributed by atoms with Gasteiger partial charge in [0.15, 0.2) is 16.2 Å². The molecule has 130 valence electrons. The number of hydrogen-bond acceptors (Lipinski definition) is 6. The summed E-state index contributed by atoms with van der Waals surface area (Å²) in [5, 5.41) is 11.7. The number of likely N-dealkylation sites (tertiary alicyclic amines) is 1. The number of furan rings is 1. The van der Waals surface area contributed by atoms with E-state index in [1.54, 1.807) is 6.07 Å². The van der Waals surface area contributed by atoms with Crippen LogP contribution >= 0.6 is 15.9 Å². The fourth-order valence-corrected chi connectivity index (χ4v) is 3.12. The molecule has 1 spiro atoms. The molecule has 0 radical (unpaired) electrons. The van der Waals surface area contributed by atoms with Crippen LogP contribution in [0.1, 0.15) is 17.0 Å². The normalized spacial score (nSPS) is 22.0. The summed E-state index contributed by atoms with van der Waals surface area (Å²) < 4.78 is 16.4. The van der Waals surface area contributed by atoms with Gasteiger partial charge in [-0.2, -0.15) is 0 Å². The standard InChI is InChI=1S/C14H15BrN2O7/c15-10-2-1-9(24-10)12(19)16-6-11(18)17-7-14(22-3-4-23-14)5-8(17)13(20)21/h1-2,8H,3-7H2,(H,16,19)(H,20,21)/t8-/m0/s1. The molecular formula is C14H15BrN2O7. The van der Waals surface area contributed by atoms with Crippen LogP contribution in [0.15, 0.2) is 21.2 Å². The van der Waals surface area contributed by atoms with E-state index in [1.807, 2.05) is 0 Å². The molecule has 2 fully saturated rings. The largest absolute Gasteiger partial charge is 0.480 e. The number of rotatable bonds is 4. The Morgan fingerprint density at radius 1 is 1.33 bits per heavy atom. The summed E-state index contributed by atoms with van der Waals surface area (Å²) in [7, 11) is 0. The van der Waals surface area contributed by atoms with Crippen molar-refractivity contribution in [3.8, 4) is 0 Å². The highest BCUT2D eigenvalue weighted by atomic mass is 79.9. The van der Waals surface area contributed by atoms with Crippen LogP contribution in [0.25, 0.3) is 0 Å². The molecule has 10 heteroatoms. The van der Waals surface area contributed by atoms with E-state index in [-0.39, 0.29) is 25.3 Å². The average Bonchev–Trinajstić information content (AvgIpc) is 3.26. The monoisotopic (exact) mass is 402 g/mol. The van der Waals surface area contributed by atoms with Crippen molar-refractivity contribution >= 4 is 33.7 Å². The van der Waals surface area contributed by atoms with Crippen molar-refractivity contribution in [3.05, 3.63) is 22.6 Å². The van der Waals surface area contributed by atoms with Gasteiger partial charge in [-0.05, 0) is 28.1 Å². The third kappa shape index (κ3) is 3.30. The second-order valence-electron chi connectivity index (χ2n) is 5.47. The van der Waals surface area contributed by atoms with Crippen molar-refractivity contribution in [2.45, 2.75) is 18.2 Å². The number of nitrogens with one attached hydrogen (secondary N) is 1. The van der Waals surface area contributed by atoms with E-state index in [4.69, 9.17) is 13.9 Å². The van der Waals surface area contributed by atoms with Crippen LogP contribution in [0.5, 0.6) is 0 Å². The van der Waals surface area contributed by atoms with Gasteiger partial charge in [0.2, 0.25) is 5.91 Å². The number of carbonyl (C=O) groups is 3. The Labute approximate surface area is 145 Å². The van der Waals surface area contributed by atoms with E-state index in [1.165, 1.54) is 6.07 Å². The number of amides is 2. The van der Waals surface area contributed by atoms with Crippen LogP contribution in [0.4, 0.5) is 0 Å². The van der Waals surface area contributed by atoms with Gasteiger partial charge in [-0.3, -0.25) is 9.59 Å². The molecule has 2 aliphatic rings. The van der Waals surface area contributed by atoms with Gasteiger partial charge in [0.05, 0.1) is 26.3 Å². The highest BCUT2D eigenvalue weighted by molar-refractivity contribution is 9.10. The van der Waals surface area contributed by atoms with Crippen molar-refractivity contribution in [1.29, 1.82) is 0 Å². The van der Waals surface area contributed by atoms with Crippen LogP contribution in [0, 0.1) is 0 Å². The Morgan fingerprint density at radius 3 is 2.62 bits per heavy atom. The van der Waals surface area contributed by atoms with Gasteiger partial charge in [0.1, 0.15) is 6.04 Å². The van der Waals surface area contributed by atoms with Gasteiger partial charge < -0.3 is 29.2 Å². The maximum Gasteiger partial charge on any atom is 0.326 e. The molecule has 9 nitrogen and oxygen atoms in total. The van der Waals surface area contributed by atoms with Crippen LogP contribution in [-0.2, 0) is 19.1 Å². The average molecular weight is 403 g/mol. The number of ether oxygens (including phenoxy) is 2. The number of nitrogens with zero attached hydrogens (tertiary/aromatic N) is 1. The van der Waals surface area contributed by atoms with Crippen molar-refractivity contribution in [3.63, 3.8) is 0 Å². The summed E-state index contributed by atoms with van der Waals surface area (Å²) in [6.45, 7) is 0.388. The van der Waals surface area contributed by atoms with Gasteiger partial charge >= 0.3 is 5.97 Å². The van der Waals surface area contributed by atoms with E-state index in [0.717, 1.165) is 4.90 Å². The smallest absolute Gasteiger partial charge is 0.326 e. The van der Waals surface area contributed by atoms with E-state index < -0.39 is 29.6 Å². The number of hydrogen-bond donors (Lipinski definition) is 2. The highest BCUT2D eigenvalue weighted by Crippen LogP contribution is 2.34. The molecule has 0 aromatic carbocycles. The first-order valence-electron chi connectivity index (χ1n) is 7.24. The molecule has 0 aliphatic carbocycles. The zero-order chi connectivity index (χ0) is 17.3. The second kappa shape index (κ2) is 6.54. The SMILES string of the molecule is O=C(NCC(=O)N1CC2(C[C@H]1C(=O)O)OCCO2)c1ccc(Br)o1. The summed E-state index contributed by atoms with van der Waals surface area (Å²) in [6.07, 6.45) is 0.0626.